The molecule has 0 radical (unpaired) electrons. The van der Waals surface area contributed by atoms with E-state index in [1.54, 1.807) is 13.4 Å². The molecule has 1 fully saturated rings. The molecule has 0 bridgehead atoms. The highest BCUT2D eigenvalue weighted by molar-refractivity contribution is 5.89. The van der Waals surface area contributed by atoms with Gasteiger partial charge >= 0.3 is 0 Å². The number of hydrogen-bond donors (Lipinski definition) is 0. The Labute approximate surface area is 124 Å². The molecule has 0 spiro atoms. The number of methoxy groups -OCH3 is 1. The average Bonchev–Trinajstić information content (AvgIpc) is 3.00. The fourth-order valence-electron chi connectivity index (χ4n) is 2.80. The molecule has 5 nitrogen and oxygen atoms in total. The summed E-state index contributed by atoms with van der Waals surface area (Å²) in [6, 6.07) is 8.17. The summed E-state index contributed by atoms with van der Waals surface area (Å²) in [5.41, 5.74) is 1.00. The van der Waals surface area contributed by atoms with Crippen LogP contribution in [0.4, 0.5) is 5.82 Å². The minimum absolute atomic E-state index is 0.565. The number of aromatic nitrogens is 2. The van der Waals surface area contributed by atoms with Gasteiger partial charge in [-0.05, 0) is 18.6 Å². The van der Waals surface area contributed by atoms with Crippen molar-refractivity contribution in [3.63, 3.8) is 0 Å². The Hall–Kier alpha value is -1.72. The van der Waals surface area contributed by atoms with Crippen molar-refractivity contribution in [2.24, 2.45) is 5.92 Å². The lowest BCUT2D eigenvalue weighted by atomic mass is 10.1. The summed E-state index contributed by atoms with van der Waals surface area (Å²) >= 11 is 0. The first-order valence-electron chi connectivity index (χ1n) is 7.40. The zero-order valence-corrected chi connectivity index (χ0v) is 12.4. The first kappa shape index (κ1) is 14.2. The van der Waals surface area contributed by atoms with Gasteiger partial charge < -0.3 is 14.4 Å². The zero-order valence-electron chi connectivity index (χ0n) is 12.4. The molecule has 1 aromatic carbocycles. The molecule has 1 aliphatic rings. The molecule has 3 rings (SSSR count). The Bertz CT molecular complexity index is 585. The highest BCUT2D eigenvalue weighted by Gasteiger charge is 2.24. The van der Waals surface area contributed by atoms with Crippen LogP contribution in [-0.2, 0) is 9.47 Å². The van der Waals surface area contributed by atoms with Crippen LogP contribution in [0.25, 0.3) is 10.9 Å². The number of ether oxygens (including phenoxy) is 2. The number of fused-ring (bicyclic) bond motifs is 1. The largest absolute Gasteiger partial charge is 0.382 e. The lowest BCUT2D eigenvalue weighted by Gasteiger charge is -2.19. The van der Waals surface area contributed by atoms with Crippen molar-refractivity contribution in [3.8, 4) is 0 Å². The van der Waals surface area contributed by atoms with Crippen LogP contribution in [0.1, 0.15) is 6.42 Å². The van der Waals surface area contributed by atoms with E-state index in [-0.39, 0.29) is 0 Å². The summed E-state index contributed by atoms with van der Waals surface area (Å²) in [7, 11) is 1.70. The first-order chi connectivity index (χ1) is 10.4. The summed E-state index contributed by atoms with van der Waals surface area (Å²) in [4.78, 5) is 11.2. The van der Waals surface area contributed by atoms with Gasteiger partial charge in [0.25, 0.3) is 0 Å². The maximum absolute atomic E-state index is 5.65. The molecule has 2 aromatic rings. The Balaban J connectivity index is 1.65. The molecule has 2 heterocycles. The molecule has 0 amide bonds. The van der Waals surface area contributed by atoms with Crippen molar-refractivity contribution < 1.29 is 9.47 Å². The third-order valence-electron chi connectivity index (χ3n) is 3.89. The fraction of sp³-hybridized carbons (Fsp3) is 0.500. The van der Waals surface area contributed by atoms with Gasteiger partial charge in [0.15, 0.2) is 0 Å². The van der Waals surface area contributed by atoms with E-state index < -0.39 is 0 Å². The molecular formula is C16H21N3O2. The molecule has 21 heavy (non-hydrogen) atoms. The smallest absolute Gasteiger partial charge is 0.139 e. The van der Waals surface area contributed by atoms with Crippen LogP contribution in [0.5, 0.6) is 0 Å². The number of rotatable bonds is 6. The van der Waals surface area contributed by atoms with Gasteiger partial charge in [-0.15, -0.1) is 0 Å². The van der Waals surface area contributed by atoms with Crippen molar-refractivity contribution in [2.75, 3.05) is 44.9 Å². The van der Waals surface area contributed by atoms with E-state index in [0.29, 0.717) is 19.1 Å². The van der Waals surface area contributed by atoms with Crippen LogP contribution < -0.4 is 4.90 Å². The second-order valence-electron chi connectivity index (χ2n) is 5.38. The Morgan fingerprint density at radius 1 is 1.24 bits per heavy atom. The zero-order chi connectivity index (χ0) is 14.5. The molecule has 112 valence electrons. The third kappa shape index (κ3) is 3.31. The van der Waals surface area contributed by atoms with Crippen molar-refractivity contribution in [2.45, 2.75) is 6.42 Å². The maximum Gasteiger partial charge on any atom is 0.139 e. The minimum Gasteiger partial charge on any atom is -0.382 e. The third-order valence-corrected chi connectivity index (χ3v) is 3.89. The minimum atomic E-state index is 0.565. The van der Waals surface area contributed by atoms with Gasteiger partial charge in [0.1, 0.15) is 12.1 Å². The summed E-state index contributed by atoms with van der Waals surface area (Å²) in [5, 5.41) is 1.13. The van der Waals surface area contributed by atoms with Crippen LogP contribution in [0, 0.1) is 5.92 Å². The van der Waals surface area contributed by atoms with Gasteiger partial charge in [-0.1, -0.05) is 12.1 Å². The van der Waals surface area contributed by atoms with Crippen molar-refractivity contribution >= 4 is 16.7 Å². The maximum atomic E-state index is 5.65. The monoisotopic (exact) mass is 287 g/mol. The lowest BCUT2D eigenvalue weighted by Crippen LogP contribution is -2.22. The fourth-order valence-corrected chi connectivity index (χ4v) is 2.80. The van der Waals surface area contributed by atoms with Gasteiger partial charge in [0, 0.05) is 31.5 Å². The predicted molar refractivity (Wildman–Crippen MR) is 82.6 cm³/mol. The summed E-state index contributed by atoms with van der Waals surface area (Å²) in [6.45, 7) is 4.15. The van der Waals surface area contributed by atoms with E-state index in [1.807, 2.05) is 18.2 Å². The highest BCUT2D eigenvalue weighted by Crippen LogP contribution is 2.27. The lowest BCUT2D eigenvalue weighted by molar-refractivity contribution is 0.0549. The summed E-state index contributed by atoms with van der Waals surface area (Å²) < 4.78 is 10.6. The normalized spacial score (nSPS) is 18.5. The van der Waals surface area contributed by atoms with E-state index in [0.717, 1.165) is 42.8 Å². The van der Waals surface area contributed by atoms with Crippen molar-refractivity contribution in [3.05, 3.63) is 30.6 Å². The first-order valence-corrected chi connectivity index (χ1v) is 7.40. The van der Waals surface area contributed by atoms with Crippen LogP contribution in [0.15, 0.2) is 30.6 Å². The average molecular weight is 287 g/mol. The molecule has 0 N–H and O–H groups in total. The number of para-hydroxylation sites is 1. The number of benzene rings is 1. The van der Waals surface area contributed by atoms with Crippen LogP contribution in [-0.4, -0.2) is 50.0 Å². The standard InChI is InChI=1S/C16H21N3O2/c1-20-8-9-21-11-13-6-7-19(10-13)16-14-4-2-3-5-15(14)17-12-18-16/h2-5,12-13H,6-11H2,1H3. The van der Waals surface area contributed by atoms with Crippen LogP contribution >= 0.6 is 0 Å². The highest BCUT2D eigenvalue weighted by atomic mass is 16.5. The van der Waals surface area contributed by atoms with E-state index in [9.17, 15) is 0 Å². The van der Waals surface area contributed by atoms with E-state index >= 15 is 0 Å². The van der Waals surface area contributed by atoms with E-state index in [1.165, 1.54) is 0 Å². The predicted octanol–water partition coefficient (Wildman–Crippen LogP) is 2.12. The van der Waals surface area contributed by atoms with Gasteiger partial charge in [-0.3, -0.25) is 0 Å². The number of nitrogens with zero attached hydrogens (tertiary/aromatic N) is 3. The van der Waals surface area contributed by atoms with Gasteiger partial charge in [0.05, 0.1) is 25.3 Å². The second-order valence-corrected chi connectivity index (χ2v) is 5.38. The van der Waals surface area contributed by atoms with Crippen molar-refractivity contribution in [1.82, 2.24) is 9.97 Å². The van der Waals surface area contributed by atoms with Gasteiger partial charge in [-0.2, -0.15) is 0 Å². The topological polar surface area (TPSA) is 47.5 Å². The molecular weight excluding hydrogens is 266 g/mol. The quantitative estimate of drug-likeness (QED) is 0.762. The van der Waals surface area contributed by atoms with Crippen LogP contribution in [0.2, 0.25) is 0 Å². The second kappa shape index (κ2) is 6.83. The van der Waals surface area contributed by atoms with Crippen molar-refractivity contribution in [1.29, 1.82) is 0 Å². The molecule has 1 aliphatic heterocycles. The summed E-state index contributed by atoms with van der Waals surface area (Å²) in [6.07, 6.45) is 2.80. The Kier molecular flexibility index (Phi) is 4.62. The van der Waals surface area contributed by atoms with Crippen LogP contribution in [0.3, 0.4) is 0 Å². The molecule has 1 unspecified atom stereocenters. The van der Waals surface area contributed by atoms with E-state index in [4.69, 9.17) is 9.47 Å². The van der Waals surface area contributed by atoms with E-state index in [2.05, 4.69) is 20.9 Å². The SMILES string of the molecule is COCCOCC1CCN(c2ncnc3ccccc23)C1. The Morgan fingerprint density at radius 2 is 2.14 bits per heavy atom. The molecule has 1 atom stereocenters. The molecule has 0 saturated carbocycles. The number of hydrogen-bond acceptors (Lipinski definition) is 5. The molecule has 1 aromatic heterocycles. The molecule has 0 aliphatic carbocycles. The molecule has 1 saturated heterocycles. The molecule has 5 heteroatoms. The Morgan fingerprint density at radius 3 is 3.05 bits per heavy atom. The van der Waals surface area contributed by atoms with Gasteiger partial charge in [-0.25, -0.2) is 9.97 Å². The number of anilines is 1. The van der Waals surface area contributed by atoms with Gasteiger partial charge in [0.2, 0.25) is 0 Å². The summed E-state index contributed by atoms with van der Waals surface area (Å²) in [5.74, 6) is 1.61.